The Bertz CT molecular complexity index is 472. The number of benzene rings is 1. The summed E-state index contributed by atoms with van der Waals surface area (Å²) in [6.07, 6.45) is -1.77. The number of rotatable bonds is 9. The van der Waals surface area contributed by atoms with E-state index in [9.17, 15) is 18.9 Å². The molecule has 1 rings (SSSR count). The molecule has 0 saturated carbocycles. The number of anilines is 2. The molecule has 0 spiro atoms. The molecule has 0 aliphatic rings. The van der Waals surface area contributed by atoms with Gasteiger partial charge in [-0.15, -0.1) is 0 Å². The first kappa shape index (κ1) is 17.1. The lowest BCUT2D eigenvalue weighted by Gasteiger charge is -2.24. The predicted molar refractivity (Wildman–Crippen MR) is 77.2 cm³/mol. The average molecular weight is 303 g/mol. The average Bonchev–Trinajstić information content (AvgIpc) is 2.43. The molecule has 118 valence electrons. The Hall–Kier alpha value is -1.96. The number of nitro groups is 1. The highest BCUT2D eigenvalue weighted by Crippen LogP contribution is 2.27. The van der Waals surface area contributed by atoms with E-state index in [4.69, 9.17) is 5.11 Å². The van der Waals surface area contributed by atoms with Gasteiger partial charge >= 0.3 is 0 Å². The van der Waals surface area contributed by atoms with Gasteiger partial charge in [0.15, 0.2) is 0 Å². The van der Waals surface area contributed by atoms with E-state index in [0.717, 1.165) is 6.42 Å². The third-order valence-corrected chi connectivity index (χ3v) is 2.79. The first-order valence-electron chi connectivity index (χ1n) is 6.65. The summed E-state index contributed by atoms with van der Waals surface area (Å²) in [7, 11) is 0. The predicted octanol–water partition coefficient (Wildman–Crippen LogP) is 2.48. The molecule has 8 heteroatoms. The molecular weight excluding hydrogens is 284 g/mol. The molecule has 0 fully saturated rings. The highest BCUT2D eigenvalue weighted by atomic mass is 19.3. The van der Waals surface area contributed by atoms with Crippen molar-refractivity contribution in [3.63, 3.8) is 0 Å². The van der Waals surface area contributed by atoms with Crippen LogP contribution >= 0.6 is 0 Å². The van der Waals surface area contributed by atoms with Crippen LogP contribution in [0, 0.1) is 10.1 Å². The zero-order valence-electron chi connectivity index (χ0n) is 11.8. The summed E-state index contributed by atoms with van der Waals surface area (Å²) in [5.74, 6) is 0. The van der Waals surface area contributed by atoms with E-state index in [-0.39, 0.29) is 24.5 Å². The first-order valence-corrected chi connectivity index (χ1v) is 6.65. The molecule has 0 saturated heterocycles. The normalized spacial score (nSPS) is 10.7. The number of halogens is 2. The van der Waals surface area contributed by atoms with E-state index in [1.807, 2.05) is 6.92 Å². The van der Waals surface area contributed by atoms with E-state index in [1.54, 1.807) is 6.07 Å². The van der Waals surface area contributed by atoms with Crippen molar-refractivity contribution in [1.82, 2.24) is 0 Å². The van der Waals surface area contributed by atoms with Crippen LogP contribution in [-0.4, -0.2) is 42.7 Å². The van der Waals surface area contributed by atoms with E-state index in [0.29, 0.717) is 12.2 Å². The van der Waals surface area contributed by atoms with Gasteiger partial charge in [-0.2, -0.15) is 0 Å². The standard InChI is InChI=1S/C13H19F2N3O3/c1-2-3-16-10-6-11(8-12(7-10)18(20)21)17(4-5-19)9-13(14)15/h6-8,13,16,19H,2-5,9H2,1H3. The van der Waals surface area contributed by atoms with Gasteiger partial charge in [-0.05, 0) is 12.5 Å². The molecular formula is C13H19F2N3O3. The number of aliphatic hydroxyl groups is 1. The molecule has 0 atom stereocenters. The Kier molecular flexibility index (Phi) is 6.80. The second-order valence-electron chi connectivity index (χ2n) is 4.48. The largest absolute Gasteiger partial charge is 0.395 e. The molecule has 0 aliphatic heterocycles. The zero-order chi connectivity index (χ0) is 15.8. The topological polar surface area (TPSA) is 78.6 Å². The molecule has 0 heterocycles. The lowest BCUT2D eigenvalue weighted by atomic mass is 10.2. The maximum atomic E-state index is 12.6. The lowest BCUT2D eigenvalue weighted by Crippen LogP contribution is -2.31. The fourth-order valence-corrected chi connectivity index (χ4v) is 1.87. The Balaban J connectivity index is 3.11. The number of aliphatic hydroxyl groups excluding tert-OH is 1. The number of nitrogens with zero attached hydrogens (tertiary/aromatic N) is 2. The Morgan fingerprint density at radius 3 is 2.67 bits per heavy atom. The van der Waals surface area contributed by atoms with Gasteiger partial charge in [-0.1, -0.05) is 6.92 Å². The molecule has 1 aromatic carbocycles. The van der Waals surface area contributed by atoms with Crippen LogP contribution in [-0.2, 0) is 0 Å². The van der Waals surface area contributed by atoms with Crippen molar-refractivity contribution < 1.29 is 18.8 Å². The summed E-state index contributed by atoms with van der Waals surface area (Å²) < 4.78 is 25.2. The van der Waals surface area contributed by atoms with Gasteiger partial charge in [0, 0.05) is 36.6 Å². The fourth-order valence-electron chi connectivity index (χ4n) is 1.87. The maximum absolute atomic E-state index is 12.6. The van der Waals surface area contributed by atoms with Crippen molar-refractivity contribution >= 4 is 17.1 Å². The van der Waals surface area contributed by atoms with Crippen LogP contribution in [0.3, 0.4) is 0 Å². The van der Waals surface area contributed by atoms with E-state index in [1.165, 1.54) is 17.0 Å². The lowest BCUT2D eigenvalue weighted by molar-refractivity contribution is -0.384. The third-order valence-electron chi connectivity index (χ3n) is 2.79. The van der Waals surface area contributed by atoms with Gasteiger partial charge in [0.25, 0.3) is 12.1 Å². The molecule has 0 aliphatic carbocycles. The number of nitrogens with one attached hydrogen (secondary N) is 1. The highest BCUT2D eigenvalue weighted by molar-refractivity contribution is 5.64. The maximum Gasteiger partial charge on any atom is 0.273 e. The molecule has 0 aromatic heterocycles. The molecule has 0 unspecified atom stereocenters. The van der Waals surface area contributed by atoms with Crippen molar-refractivity contribution in [3.05, 3.63) is 28.3 Å². The van der Waals surface area contributed by atoms with Crippen molar-refractivity contribution in [2.24, 2.45) is 0 Å². The third kappa shape index (κ3) is 5.50. The zero-order valence-corrected chi connectivity index (χ0v) is 11.8. The van der Waals surface area contributed by atoms with Gasteiger partial charge in [0.05, 0.1) is 18.1 Å². The fraction of sp³-hybridized carbons (Fsp3) is 0.538. The van der Waals surface area contributed by atoms with Crippen LogP contribution in [0.2, 0.25) is 0 Å². The summed E-state index contributed by atoms with van der Waals surface area (Å²) in [5.41, 5.74) is 0.610. The molecule has 0 amide bonds. The Morgan fingerprint density at radius 1 is 1.43 bits per heavy atom. The van der Waals surface area contributed by atoms with Crippen molar-refractivity contribution in [1.29, 1.82) is 0 Å². The van der Waals surface area contributed by atoms with Gasteiger partial charge in [0.2, 0.25) is 0 Å². The van der Waals surface area contributed by atoms with Crippen LogP contribution in [0.5, 0.6) is 0 Å². The summed E-state index contributed by atoms with van der Waals surface area (Å²) in [5, 5.41) is 22.9. The Labute approximate surface area is 121 Å². The quantitative estimate of drug-likeness (QED) is 0.541. The van der Waals surface area contributed by atoms with E-state index >= 15 is 0 Å². The monoisotopic (exact) mass is 303 g/mol. The van der Waals surface area contributed by atoms with E-state index < -0.39 is 17.9 Å². The number of hydrogen-bond donors (Lipinski definition) is 2. The minimum Gasteiger partial charge on any atom is -0.395 e. The molecule has 1 aromatic rings. The summed E-state index contributed by atoms with van der Waals surface area (Å²) >= 11 is 0. The Morgan fingerprint density at radius 2 is 2.14 bits per heavy atom. The van der Waals surface area contributed by atoms with Crippen molar-refractivity contribution in [2.45, 2.75) is 19.8 Å². The van der Waals surface area contributed by atoms with Crippen LogP contribution in [0.1, 0.15) is 13.3 Å². The van der Waals surface area contributed by atoms with E-state index in [2.05, 4.69) is 5.32 Å². The first-order chi connectivity index (χ1) is 9.97. The molecule has 21 heavy (non-hydrogen) atoms. The van der Waals surface area contributed by atoms with Crippen molar-refractivity contribution in [2.75, 3.05) is 36.5 Å². The highest BCUT2D eigenvalue weighted by Gasteiger charge is 2.17. The number of hydrogen-bond acceptors (Lipinski definition) is 5. The molecule has 6 nitrogen and oxygen atoms in total. The molecule has 0 radical (unpaired) electrons. The molecule has 2 N–H and O–H groups in total. The minimum absolute atomic E-state index is 0.0152. The number of non-ortho nitro benzene ring substituents is 1. The van der Waals surface area contributed by atoms with Crippen molar-refractivity contribution in [3.8, 4) is 0 Å². The smallest absolute Gasteiger partial charge is 0.273 e. The van der Waals surface area contributed by atoms with Crippen LogP contribution in [0.15, 0.2) is 18.2 Å². The van der Waals surface area contributed by atoms with Crippen LogP contribution in [0.25, 0.3) is 0 Å². The van der Waals surface area contributed by atoms with Gasteiger partial charge in [0.1, 0.15) is 0 Å². The molecule has 0 bridgehead atoms. The van der Waals surface area contributed by atoms with Crippen LogP contribution in [0.4, 0.5) is 25.8 Å². The van der Waals surface area contributed by atoms with Gasteiger partial charge in [-0.25, -0.2) is 8.78 Å². The minimum atomic E-state index is -2.59. The summed E-state index contributed by atoms with van der Waals surface area (Å²) in [4.78, 5) is 11.6. The second-order valence-corrected chi connectivity index (χ2v) is 4.48. The number of alkyl halides is 2. The van der Waals surface area contributed by atoms with Crippen LogP contribution < -0.4 is 10.2 Å². The summed E-state index contributed by atoms with van der Waals surface area (Å²) in [6, 6.07) is 4.16. The van der Waals surface area contributed by atoms with Gasteiger partial charge < -0.3 is 15.3 Å². The SMILES string of the molecule is CCCNc1cc(N(CCO)CC(F)F)cc([N+](=O)[O-])c1. The second kappa shape index (κ2) is 8.35. The van der Waals surface area contributed by atoms with Gasteiger partial charge in [-0.3, -0.25) is 10.1 Å². The number of nitro benzene ring substituents is 1. The summed E-state index contributed by atoms with van der Waals surface area (Å²) in [6.45, 7) is 1.65.